The lowest BCUT2D eigenvalue weighted by Gasteiger charge is -2.06. The van der Waals surface area contributed by atoms with Crippen LogP contribution in [0.5, 0.6) is 0 Å². The van der Waals surface area contributed by atoms with Crippen LogP contribution < -0.4 is 5.32 Å². The fraction of sp³-hybridized carbons (Fsp3) is 0.182. The van der Waals surface area contributed by atoms with E-state index in [2.05, 4.69) is 39.3 Å². The molecule has 14 heavy (non-hydrogen) atoms. The zero-order valence-electron chi connectivity index (χ0n) is 8.03. The van der Waals surface area contributed by atoms with Crippen LogP contribution in [-0.4, -0.2) is 11.4 Å². The number of hydrogen-bond acceptors (Lipinski definition) is 3. The van der Waals surface area contributed by atoms with E-state index in [4.69, 9.17) is 0 Å². The van der Waals surface area contributed by atoms with Crippen LogP contribution in [0.4, 0.5) is 0 Å². The van der Waals surface area contributed by atoms with Crippen molar-refractivity contribution in [3.05, 3.63) is 41.4 Å². The summed E-state index contributed by atoms with van der Waals surface area (Å²) in [5.41, 5.74) is 3.80. The second-order valence-corrected chi connectivity index (χ2v) is 3.76. The molecule has 0 saturated heterocycles. The van der Waals surface area contributed by atoms with Crippen molar-refractivity contribution in [2.24, 2.45) is 0 Å². The predicted octanol–water partition coefficient (Wildman–Crippen LogP) is 2.53. The van der Waals surface area contributed by atoms with E-state index in [1.54, 1.807) is 0 Å². The molecule has 0 atom stereocenters. The van der Waals surface area contributed by atoms with E-state index in [1.807, 2.05) is 13.2 Å². The molecule has 3 heteroatoms. The van der Waals surface area contributed by atoms with Crippen molar-refractivity contribution in [3.8, 4) is 11.1 Å². The summed E-state index contributed by atoms with van der Waals surface area (Å²) >= 11 is 1.49. The van der Waals surface area contributed by atoms with Gasteiger partial charge in [-0.3, -0.25) is 0 Å². The lowest BCUT2D eigenvalue weighted by atomic mass is 10.0. The molecule has 1 heterocycles. The molecule has 2 aromatic rings. The Balaban J connectivity index is 2.42. The largest absolute Gasteiger partial charge is 0.316 e. The first kappa shape index (κ1) is 9.37. The molecule has 0 aliphatic rings. The van der Waals surface area contributed by atoms with Crippen molar-refractivity contribution in [2.45, 2.75) is 6.54 Å². The van der Waals surface area contributed by atoms with Crippen LogP contribution in [0.3, 0.4) is 0 Å². The normalized spacial score (nSPS) is 10.4. The average molecular weight is 204 g/mol. The minimum Gasteiger partial charge on any atom is -0.316 e. The van der Waals surface area contributed by atoms with Crippen LogP contribution in [0.1, 0.15) is 5.56 Å². The first-order valence-corrected chi connectivity index (χ1v) is 5.37. The highest BCUT2D eigenvalue weighted by molar-refractivity contribution is 7.03. The van der Waals surface area contributed by atoms with Crippen LogP contribution in [-0.2, 0) is 6.54 Å². The molecule has 2 rings (SSSR count). The predicted molar refractivity (Wildman–Crippen MR) is 60.3 cm³/mol. The summed E-state index contributed by atoms with van der Waals surface area (Å²) in [7, 11) is 1.96. The number of aromatic nitrogens is 1. The van der Waals surface area contributed by atoms with Gasteiger partial charge in [-0.1, -0.05) is 24.3 Å². The molecule has 2 nitrogen and oxygen atoms in total. The molecule has 1 aromatic heterocycles. The minimum absolute atomic E-state index is 0.895. The lowest BCUT2D eigenvalue weighted by molar-refractivity contribution is 0.819. The summed E-state index contributed by atoms with van der Waals surface area (Å²) < 4.78 is 4.12. The minimum atomic E-state index is 0.895. The SMILES string of the molecule is CNCc1ccccc1-c1cnsc1. The monoisotopic (exact) mass is 204 g/mol. The molecule has 0 radical (unpaired) electrons. The summed E-state index contributed by atoms with van der Waals surface area (Å²) in [6.45, 7) is 0.895. The summed E-state index contributed by atoms with van der Waals surface area (Å²) in [5, 5.41) is 5.25. The maximum absolute atomic E-state index is 4.12. The van der Waals surface area contributed by atoms with Crippen LogP contribution in [0.25, 0.3) is 11.1 Å². The highest BCUT2D eigenvalue weighted by atomic mass is 32.1. The molecule has 0 bridgehead atoms. The fourth-order valence-electron chi connectivity index (χ4n) is 1.48. The number of hydrogen-bond donors (Lipinski definition) is 1. The van der Waals surface area contributed by atoms with E-state index in [1.165, 1.54) is 28.2 Å². The highest BCUT2D eigenvalue weighted by Gasteiger charge is 2.03. The highest BCUT2D eigenvalue weighted by Crippen LogP contribution is 2.24. The number of nitrogens with zero attached hydrogens (tertiary/aromatic N) is 1. The maximum atomic E-state index is 4.12. The van der Waals surface area contributed by atoms with E-state index in [0.29, 0.717) is 0 Å². The lowest BCUT2D eigenvalue weighted by Crippen LogP contribution is -2.05. The average Bonchev–Trinajstić information content (AvgIpc) is 2.72. The Morgan fingerprint density at radius 2 is 2.21 bits per heavy atom. The molecule has 0 fully saturated rings. The van der Waals surface area contributed by atoms with Gasteiger partial charge in [0.15, 0.2) is 0 Å². The van der Waals surface area contributed by atoms with Crippen molar-refractivity contribution in [3.63, 3.8) is 0 Å². The number of nitrogens with one attached hydrogen (secondary N) is 1. The Kier molecular flexibility index (Phi) is 2.91. The molecule has 0 spiro atoms. The van der Waals surface area contributed by atoms with Crippen LogP contribution in [0.15, 0.2) is 35.8 Å². The van der Waals surface area contributed by atoms with Gasteiger partial charge in [-0.2, -0.15) is 0 Å². The third kappa shape index (κ3) is 1.84. The van der Waals surface area contributed by atoms with Gasteiger partial charge < -0.3 is 5.32 Å². The molecule has 0 amide bonds. The van der Waals surface area contributed by atoms with Gasteiger partial charge in [0.25, 0.3) is 0 Å². The number of rotatable bonds is 3. The molecular weight excluding hydrogens is 192 g/mol. The first-order valence-electron chi connectivity index (χ1n) is 4.54. The fourth-order valence-corrected chi connectivity index (χ4v) is 2.02. The molecule has 0 aliphatic carbocycles. The van der Waals surface area contributed by atoms with Gasteiger partial charge in [0.1, 0.15) is 0 Å². The number of benzene rings is 1. The first-order chi connectivity index (χ1) is 6.92. The summed E-state index contributed by atoms with van der Waals surface area (Å²) in [4.78, 5) is 0. The smallest absolute Gasteiger partial charge is 0.0485 e. The summed E-state index contributed by atoms with van der Waals surface area (Å²) in [6.07, 6.45) is 1.92. The summed E-state index contributed by atoms with van der Waals surface area (Å²) in [5.74, 6) is 0. The quantitative estimate of drug-likeness (QED) is 0.831. The molecule has 0 saturated carbocycles. The van der Waals surface area contributed by atoms with Gasteiger partial charge in [0.05, 0.1) is 0 Å². The Bertz CT molecular complexity index is 395. The van der Waals surface area contributed by atoms with Gasteiger partial charge in [0, 0.05) is 23.7 Å². The van der Waals surface area contributed by atoms with Gasteiger partial charge >= 0.3 is 0 Å². The second-order valence-electron chi connectivity index (χ2n) is 3.10. The van der Waals surface area contributed by atoms with Crippen LogP contribution >= 0.6 is 11.5 Å². The Labute approximate surface area is 87.8 Å². The van der Waals surface area contributed by atoms with Gasteiger partial charge in [0.2, 0.25) is 0 Å². The Morgan fingerprint density at radius 3 is 2.93 bits per heavy atom. The van der Waals surface area contributed by atoms with Gasteiger partial charge in [-0.05, 0) is 29.7 Å². The van der Waals surface area contributed by atoms with Gasteiger partial charge in [-0.15, -0.1) is 0 Å². The molecule has 0 unspecified atom stereocenters. The van der Waals surface area contributed by atoms with E-state index in [0.717, 1.165) is 6.54 Å². The van der Waals surface area contributed by atoms with E-state index >= 15 is 0 Å². The molecule has 1 aromatic carbocycles. The zero-order chi connectivity index (χ0) is 9.80. The third-order valence-corrected chi connectivity index (χ3v) is 2.71. The summed E-state index contributed by atoms with van der Waals surface area (Å²) in [6, 6.07) is 8.40. The van der Waals surface area contributed by atoms with Crippen molar-refractivity contribution < 1.29 is 0 Å². The van der Waals surface area contributed by atoms with Crippen molar-refractivity contribution in [1.29, 1.82) is 0 Å². The van der Waals surface area contributed by atoms with Crippen molar-refractivity contribution in [1.82, 2.24) is 9.69 Å². The molecular formula is C11H12N2S. The van der Waals surface area contributed by atoms with E-state index < -0.39 is 0 Å². The standard InChI is InChI=1S/C11H12N2S/c1-12-6-9-4-2-3-5-11(9)10-7-13-14-8-10/h2-5,7-8,12H,6H2,1H3. The Morgan fingerprint density at radius 1 is 1.36 bits per heavy atom. The molecule has 1 N–H and O–H groups in total. The topological polar surface area (TPSA) is 24.9 Å². The second kappa shape index (κ2) is 4.35. The third-order valence-electron chi connectivity index (χ3n) is 2.13. The molecule has 0 aliphatic heterocycles. The van der Waals surface area contributed by atoms with Gasteiger partial charge in [-0.25, -0.2) is 4.37 Å². The van der Waals surface area contributed by atoms with E-state index in [9.17, 15) is 0 Å². The molecule has 72 valence electrons. The van der Waals surface area contributed by atoms with Crippen molar-refractivity contribution >= 4 is 11.5 Å². The Hall–Kier alpha value is -1.19. The van der Waals surface area contributed by atoms with Crippen molar-refractivity contribution in [2.75, 3.05) is 7.05 Å². The van der Waals surface area contributed by atoms with Crippen LogP contribution in [0.2, 0.25) is 0 Å². The van der Waals surface area contributed by atoms with E-state index in [-0.39, 0.29) is 0 Å². The zero-order valence-corrected chi connectivity index (χ0v) is 8.84. The maximum Gasteiger partial charge on any atom is 0.0485 e. The van der Waals surface area contributed by atoms with Crippen LogP contribution in [0, 0.1) is 0 Å².